The second-order valence-electron chi connectivity index (χ2n) is 4.64. The van der Waals surface area contributed by atoms with Crippen molar-refractivity contribution in [3.05, 3.63) is 29.3 Å². The number of phenols is 1. The van der Waals surface area contributed by atoms with E-state index in [-0.39, 0.29) is 11.7 Å². The molecule has 88 valence electrons. The quantitative estimate of drug-likeness (QED) is 0.755. The molecule has 0 aromatic heterocycles. The van der Waals surface area contributed by atoms with Crippen molar-refractivity contribution >= 4 is 5.91 Å². The van der Waals surface area contributed by atoms with Crippen LogP contribution in [0.15, 0.2) is 18.2 Å². The molecule has 0 fully saturated rings. The van der Waals surface area contributed by atoms with E-state index in [1.807, 2.05) is 20.8 Å². The van der Waals surface area contributed by atoms with E-state index in [2.05, 4.69) is 5.48 Å². The fraction of sp³-hybridized carbons (Fsp3) is 0.417. The number of hydroxylamine groups is 1. The highest BCUT2D eigenvalue weighted by atomic mass is 16.7. The smallest absolute Gasteiger partial charge is 0.275 e. The highest BCUT2D eigenvalue weighted by molar-refractivity contribution is 5.95. The third kappa shape index (κ3) is 3.55. The van der Waals surface area contributed by atoms with Crippen LogP contribution >= 0.6 is 0 Å². The van der Waals surface area contributed by atoms with Crippen molar-refractivity contribution in [2.75, 3.05) is 0 Å². The van der Waals surface area contributed by atoms with Gasteiger partial charge in [0.25, 0.3) is 5.91 Å². The Balaban J connectivity index is 2.74. The summed E-state index contributed by atoms with van der Waals surface area (Å²) in [4.78, 5) is 16.9. The van der Waals surface area contributed by atoms with Gasteiger partial charge in [-0.1, -0.05) is 0 Å². The van der Waals surface area contributed by atoms with Crippen LogP contribution in [0.3, 0.4) is 0 Å². The lowest BCUT2D eigenvalue weighted by molar-refractivity contribution is -0.0590. The molecule has 4 nitrogen and oxygen atoms in total. The minimum Gasteiger partial charge on any atom is -0.508 e. The van der Waals surface area contributed by atoms with E-state index in [0.29, 0.717) is 11.1 Å². The number of phenolic OH excluding ortho intramolecular Hbond substituents is 1. The Morgan fingerprint density at radius 2 is 2.00 bits per heavy atom. The predicted molar refractivity (Wildman–Crippen MR) is 61.1 cm³/mol. The van der Waals surface area contributed by atoms with Gasteiger partial charge in [0.1, 0.15) is 5.75 Å². The summed E-state index contributed by atoms with van der Waals surface area (Å²) in [7, 11) is 0. The maximum absolute atomic E-state index is 11.7. The monoisotopic (exact) mass is 223 g/mol. The molecule has 0 bridgehead atoms. The molecule has 0 aliphatic carbocycles. The van der Waals surface area contributed by atoms with Crippen LogP contribution < -0.4 is 5.48 Å². The molecule has 0 aliphatic heterocycles. The number of hydrogen-bond acceptors (Lipinski definition) is 3. The highest BCUT2D eigenvalue weighted by Crippen LogP contribution is 2.15. The summed E-state index contributed by atoms with van der Waals surface area (Å²) in [5.74, 6) is -0.168. The first kappa shape index (κ1) is 12.5. The number of hydrogen-bond donors (Lipinski definition) is 2. The second kappa shape index (κ2) is 4.53. The van der Waals surface area contributed by atoms with Crippen LogP contribution in [0.2, 0.25) is 0 Å². The van der Waals surface area contributed by atoms with Crippen LogP contribution in [0.25, 0.3) is 0 Å². The van der Waals surface area contributed by atoms with Gasteiger partial charge in [0, 0.05) is 5.56 Å². The molecule has 0 unspecified atom stereocenters. The van der Waals surface area contributed by atoms with Crippen molar-refractivity contribution in [2.45, 2.75) is 33.3 Å². The van der Waals surface area contributed by atoms with Gasteiger partial charge in [-0.2, -0.15) is 0 Å². The summed E-state index contributed by atoms with van der Waals surface area (Å²) in [6, 6.07) is 4.57. The van der Waals surface area contributed by atoms with Gasteiger partial charge in [-0.05, 0) is 51.5 Å². The zero-order valence-electron chi connectivity index (χ0n) is 10.00. The fourth-order valence-corrected chi connectivity index (χ4v) is 1.16. The molecule has 0 aliphatic rings. The SMILES string of the molecule is Cc1cc(O)ccc1C(=O)NOC(C)(C)C. The molecule has 1 aromatic rings. The van der Waals surface area contributed by atoms with Crippen LogP contribution in [-0.2, 0) is 4.84 Å². The average Bonchev–Trinajstić information content (AvgIpc) is 2.13. The lowest BCUT2D eigenvalue weighted by atomic mass is 10.1. The Bertz CT molecular complexity index is 394. The van der Waals surface area contributed by atoms with Gasteiger partial charge < -0.3 is 5.11 Å². The summed E-state index contributed by atoms with van der Waals surface area (Å²) in [5.41, 5.74) is 3.14. The number of nitrogens with one attached hydrogen (secondary N) is 1. The minimum atomic E-state index is -0.430. The Kier molecular flexibility index (Phi) is 3.55. The molecule has 2 N–H and O–H groups in total. The molecule has 1 aromatic carbocycles. The Hall–Kier alpha value is -1.55. The molecule has 0 radical (unpaired) electrons. The lowest BCUT2D eigenvalue weighted by Gasteiger charge is -2.19. The summed E-state index contributed by atoms with van der Waals surface area (Å²) in [6.07, 6.45) is 0. The topological polar surface area (TPSA) is 58.6 Å². The Labute approximate surface area is 95.2 Å². The number of amides is 1. The molecule has 1 rings (SSSR count). The van der Waals surface area contributed by atoms with E-state index in [1.54, 1.807) is 13.0 Å². The van der Waals surface area contributed by atoms with E-state index in [0.717, 1.165) is 0 Å². The zero-order valence-corrected chi connectivity index (χ0v) is 10.00. The van der Waals surface area contributed by atoms with E-state index >= 15 is 0 Å². The van der Waals surface area contributed by atoms with E-state index < -0.39 is 5.60 Å². The van der Waals surface area contributed by atoms with Crippen LogP contribution in [-0.4, -0.2) is 16.6 Å². The van der Waals surface area contributed by atoms with Crippen LogP contribution in [0.1, 0.15) is 36.7 Å². The van der Waals surface area contributed by atoms with E-state index in [9.17, 15) is 9.90 Å². The lowest BCUT2D eigenvalue weighted by Crippen LogP contribution is -2.33. The summed E-state index contributed by atoms with van der Waals surface area (Å²) in [6.45, 7) is 7.29. The van der Waals surface area contributed by atoms with Gasteiger partial charge in [-0.3, -0.25) is 9.63 Å². The molecular formula is C12H17NO3. The number of aryl methyl sites for hydroxylation is 1. The molecule has 16 heavy (non-hydrogen) atoms. The first-order valence-electron chi connectivity index (χ1n) is 5.07. The summed E-state index contributed by atoms with van der Waals surface area (Å²) >= 11 is 0. The van der Waals surface area contributed by atoms with Crippen LogP contribution in [0.4, 0.5) is 0 Å². The van der Waals surface area contributed by atoms with Crippen LogP contribution in [0, 0.1) is 6.92 Å². The van der Waals surface area contributed by atoms with Crippen molar-refractivity contribution in [2.24, 2.45) is 0 Å². The van der Waals surface area contributed by atoms with Crippen LogP contribution in [0.5, 0.6) is 5.75 Å². The van der Waals surface area contributed by atoms with Crippen molar-refractivity contribution in [3.8, 4) is 5.75 Å². The number of carbonyl (C=O) groups is 1. The predicted octanol–water partition coefficient (Wildman–Crippen LogP) is 2.16. The molecular weight excluding hydrogens is 206 g/mol. The zero-order chi connectivity index (χ0) is 12.3. The first-order valence-corrected chi connectivity index (χ1v) is 5.07. The molecule has 0 spiro atoms. The highest BCUT2D eigenvalue weighted by Gasteiger charge is 2.15. The van der Waals surface area contributed by atoms with Crippen molar-refractivity contribution in [1.82, 2.24) is 5.48 Å². The number of aromatic hydroxyl groups is 1. The van der Waals surface area contributed by atoms with Gasteiger partial charge in [-0.15, -0.1) is 0 Å². The molecule has 0 atom stereocenters. The Morgan fingerprint density at radius 1 is 1.38 bits per heavy atom. The van der Waals surface area contributed by atoms with Crippen molar-refractivity contribution < 1.29 is 14.7 Å². The molecule has 0 heterocycles. The largest absolute Gasteiger partial charge is 0.508 e. The summed E-state index contributed by atoms with van der Waals surface area (Å²) in [5, 5.41) is 9.22. The number of carbonyl (C=O) groups excluding carboxylic acids is 1. The third-order valence-corrected chi connectivity index (χ3v) is 1.90. The normalized spacial score (nSPS) is 11.2. The molecule has 0 saturated heterocycles. The molecule has 1 amide bonds. The van der Waals surface area contributed by atoms with Gasteiger partial charge in [-0.25, -0.2) is 5.48 Å². The van der Waals surface area contributed by atoms with E-state index in [1.165, 1.54) is 12.1 Å². The van der Waals surface area contributed by atoms with Gasteiger partial charge >= 0.3 is 0 Å². The third-order valence-electron chi connectivity index (χ3n) is 1.90. The number of rotatable bonds is 2. The summed E-state index contributed by atoms with van der Waals surface area (Å²) < 4.78 is 0. The maximum atomic E-state index is 11.7. The van der Waals surface area contributed by atoms with Crippen molar-refractivity contribution in [1.29, 1.82) is 0 Å². The standard InChI is InChI=1S/C12H17NO3/c1-8-7-9(14)5-6-10(8)11(15)13-16-12(2,3)4/h5-7,14H,1-4H3,(H,13,15). The molecule has 4 heteroatoms. The van der Waals surface area contributed by atoms with E-state index in [4.69, 9.17) is 4.84 Å². The second-order valence-corrected chi connectivity index (χ2v) is 4.64. The van der Waals surface area contributed by atoms with Gasteiger partial charge in [0.15, 0.2) is 0 Å². The Morgan fingerprint density at radius 3 is 2.50 bits per heavy atom. The maximum Gasteiger partial charge on any atom is 0.275 e. The average molecular weight is 223 g/mol. The first-order chi connectivity index (χ1) is 7.29. The minimum absolute atomic E-state index is 0.144. The van der Waals surface area contributed by atoms with Gasteiger partial charge in [0.05, 0.1) is 5.60 Å². The fourth-order valence-electron chi connectivity index (χ4n) is 1.16. The molecule has 0 saturated carbocycles. The van der Waals surface area contributed by atoms with Crippen molar-refractivity contribution in [3.63, 3.8) is 0 Å². The van der Waals surface area contributed by atoms with Gasteiger partial charge in [0.2, 0.25) is 0 Å². The number of benzene rings is 1.